The molecule has 2 aromatic rings. The van der Waals surface area contributed by atoms with Crippen molar-refractivity contribution in [3.8, 4) is 5.75 Å². The highest BCUT2D eigenvalue weighted by atomic mass is 16.7. The number of nitrogens with zero attached hydrogens (tertiary/aromatic N) is 2. The van der Waals surface area contributed by atoms with Crippen LogP contribution in [0.1, 0.15) is 10.4 Å². The molecule has 0 N–H and O–H groups in total. The lowest BCUT2D eigenvalue weighted by Crippen LogP contribution is -2.30. The molecule has 1 heterocycles. The molecule has 0 aliphatic rings. The number of carbonyl (C=O) groups excluding carboxylic acids is 1. The number of hydrogen-bond acceptors (Lipinski definition) is 3. The molecule has 0 spiro atoms. The summed E-state index contributed by atoms with van der Waals surface area (Å²) < 4.78 is 0. The molecule has 0 saturated heterocycles. The van der Waals surface area contributed by atoms with Gasteiger partial charge in [-0.1, -0.05) is 18.2 Å². The second-order valence-electron chi connectivity index (χ2n) is 3.45. The van der Waals surface area contributed by atoms with E-state index in [0.717, 1.165) is 0 Å². The Morgan fingerprint density at radius 1 is 1.18 bits per heavy atom. The van der Waals surface area contributed by atoms with E-state index in [2.05, 4.69) is 4.98 Å². The van der Waals surface area contributed by atoms with Crippen LogP contribution < -0.4 is 4.84 Å². The molecule has 0 fully saturated rings. The van der Waals surface area contributed by atoms with Crippen molar-refractivity contribution in [2.24, 2.45) is 0 Å². The van der Waals surface area contributed by atoms with Crippen LogP contribution in [0.5, 0.6) is 5.75 Å². The monoisotopic (exact) mass is 228 g/mol. The summed E-state index contributed by atoms with van der Waals surface area (Å²) in [6.07, 6.45) is 3.13. The lowest BCUT2D eigenvalue weighted by Gasteiger charge is -2.17. The zero-order valence-electron chi connectivity index (χ0n) is 9.41. The Labute approximate surface area is 99.4 Å². The number of carbonyl (C=O) groups is 1. The van der Waals surface area contributed by atoms with Gasteiger partial charge in [0.1, 0.15) is 0 Å². The Hall–Kier alpha value is -2.36. The van der Waals surface area contributed by atoms with Gasteiger partial charge in [0.25, 0.3) is 5.91 Å². The quantitative estimate of drug-likeness (QED) is 0.756. The van der Waals surface area contributed by atoms with E-state index < -0.39 is 0 Å². The summed E-state index contributed by atoms with van der Waals surface area (Å²) in [4.78, 5) is 21.2. The Morgan fingerprint density at radius 3 is 2.59 bits per heavy atom. The molecule has 0 aliphatic heterocycles. The largest absolute Gasteiger partial charge is 0.377 e. The van der Waals surface area contributed by atoms with Crippen molar-refractivity contribution in [2.75, 3.05) is 7.05 Å². The van der Waals surface area contributed by atoms with Crippen LogP contribution in [0.4, 0.5) is 0 Å². The summed E-state index contributed by atoms with van der Waals surface area (Å²) in [5, 5.41) is 1.19. The van der Waals surface area contributed by atoms with Gasteiger partial charge in [-0.15, -0.1) is 0 Å². The van der Waals surface area contributed by atoms with Crippen LogP contribution in [-0.2, 0) is 0 Å². The third-order valence-electron chi connectivity index (χ3n) is 2.18. The van der Waals surface area contributed by atoms with Crippen molar-refractivity contribution >= 4 is 5.91 Å². The molecule has 4 nitrogen and oxygen atoms in total. The number of aromatic nitrogens is 1. The summed E-state index contributed by atoms with van der Waals surface area (Å²) in [5.41, 5.74) is 0.492. The topological polar surface area (TPSA) is 42.4 Å². The number of para-hydroxylation sites is 1. The minimum absolute atomic E-state index is 0.234. The summed E-state index contributed by atoms with van der Waals surface area (Å²) in [6, 6.07) is 12.6. The molecular weight excluding hydrogens is 216 g/mol. The van der Waals surface area contributed by atoms with Crippen molar-refractivity contribution in [3.63, 3.8) is 0 Å². The molecule has 1 aromatic heterocycles. The fourth-order valence-electron chi connectivity index (χ4n) is 1.35. The van der Waals surface area contributed by atoms with E-state index in [9.17, 15) is 4.79 Å². The van der Waals surface area contributed by atoms with Crippen LogP contribution in [0.3, 0.4) is 0 Å². The molecule has 17 heavy (non-hydrogen) atoms. The maximum atomic E-state index is 11.9. The van der Waals surface area contributed by atoms with Crippen LogP contribution in [0, 0.1) is 0 Å². The van der Waals surface area contributed by atoms with Crippen LogP contribution in [0.15, 0.2) is 54.9 Å². The number of benzene rings is 1. The van der Waals surface area contributed by atoms with E-state index in [-0.39, 0.29) is 5.91 Å². The SMILES string of the molecule is CN(Oc1ccccc1)C(=O)c1cccnc1. The van der Waals surface area contributed by atoms with Gasteiger partial charge in [-0.2, -0.15) is 5.06 Å². The predicted octanol–water partition coefficient (Wildman–Crippen LogP) is 2.15. The Bertz CT molecular complexity index is 485. The van der Waals surface area contributed by atoms with Gasteiger partial charge in [0, 0.05) is 19.4 Å². The summed E-state index contributed by atoms with van der Waals surface area (Å²) in [5.74, 6) is 0.384. The highest BCUT2D eigenvalue weighted by molar-refractivity contribution is 5.93. The molecule has 2 rings (SSSR count). The Kier molecular flexibility index (Phi) is 3.35. The number of hydrogen-bond donors (Lipinski definition) is 0. The molecular formula is C13H12N2O2. The van der Waals surface area contributed by atoms with Gasteiger partial charge in [0.05, 0.1) is 5.56 Å². The molecule has 0 unspecified atom stereocenters. The van der Waals surface area contributed by atoms with Gasteiger partial charge in [-0.25, -0.2) is 0 Å². The van der Waals surface area contributed by atoms with E-state index in [0.29, 0.717) is 11.3 Å². The third-order valence-corrected chi connectivity index (χ3v) is 2.18. The lowest BCUT2D eigenvalue weighted by molar-refractivity contribution is -0.0138. The normalized spacial score (nSPS) is 9.71. The van der Waals surface area contributed by atoms with Crippen LogP contribution in [0.2, 0.25) is 0 Å². The second-order valence-corrected chi connectivity index (χ2v) is 3.45. The Balaban J connectivity index is 2.06. The van der Waals surface area contributed by atoms with Crippen molar-refractivity contribution < 1.29 is 9.63 Å². The maximum Gasteiger partial charge on any atom is 0.287 e. The van der Waals surface area contributed by atoms with Gasteiger partial charge in [-0.05, 0) is 24.3 Å². The Morgan fingerprint density at radius 2 is 1.94 bits per heavy atom. The van der Waals surface area contributed by atoms with Gasteiger partial charge in [0.2, 0.25) is 0 Å². The molecule has 0 radical (unpaired) electrons. The van der Waals surface area contributed by atoms with Gasteiger partial charge < -0.3 is 4.84 Å². The minimum atomic E-state index is -0.234. The maximum absolute atomic E-state index is 11.9. The van der Waals surface area contributed by atoms with E-state index in [1.165, 1.54) is 11.3 Å². The number of hydroxylamine groups is 2. The zero-order valence-corrected chi connectivity index (χ0v) is 9.41. The molecule has 1 amide bonds. The molecule has 0 atom stereocenters. The molecule has 0 bridgehead atoms. The van der Waals surface area contributed by atoms with Gasteiger partial charge in [-0.3, -0.25) is 9.78 Å². The van der Waals surface area contributed by atoms with Crippen molar-refractivity contribution in [2.45, 2.75) is 0 Å². The number of amides is 1. The fraction of sp³-hybridized carbons (Fsp3) is 0.0769. The van der Waals surface area contributed by atoms with E-state index >= 15 is 0 Å². The van der Waals surface area contributed by atoms with Crippen LogP contribution >= 0.6 is 0 Å². The second kappa shape index (κ2) is 5.12. The fourth-order valence-corrected chi connectivity index (χ4v) is 1.35. The van der Waals surface area contributed by atoms with E-state index in [1.807, 2.05) is 18.2 Å². The number of pyridine rings is 1. The van der Waals surface area contributed by atoms with Crippen molar-refractivity contribution in [3.05, 3.63) is 60.4 Å². The molecule has 0 aliphatic carbocycles. The standard InChI is InChI=1S/C13H12N2O2/c1-15(17-12-7-3-2-4-8-12)13(16)11-6-5-9-14-10-11/h2-10H,1H3. The van der Waals surface area contributed by atoms with Crippen LogP contribution in [0.25, 0.3) is 0 Å². The first-order chi connectivity index (χ1) is 8.27. The molecule has 4 heteroatoms. The zero-order chi connectivity index (χ0) is 12.1. The first kappa shape index (κ1) is 11.1. The van der Waals surface area contributed by atoms with Crippen molar-refractivity contribution in [1.82, 2.24) is 10.0 Å². The first-order valence-electron chi connectivity index (χ1n) is 5.18. The predicted molar refractivity (Wildman–Crippen MR) is 63.4 cm³/mol. The molecule has 0 saturated carbocycles. The first-order valence-corrected chi connectivity index (χ1v) is 5.18. The van der Waals surface area contributed by atoms with Gasteiger partial charge in [0.15, 0.2) is 5.75 Å². The van der Waals surface area contributed by atoms with E-state index in [1.54, 1.807) is 37.5 Å². The van der Waals surface area contributed by atoms with Crippen LogP contribution in [-0.4, -0.2) is 23.0 Å². The summed E-state index contributed by atoms with van der Waals surface area (Å²) in [7, 11) is 1.57. The third kappa shape index (κ3) is 2.81. The van der Waals surface area contributed by atoms with Gasteiger partial charge >= 0.3 is 0 Å². The summed E-state index contributed by atoms with van der Waals surface area (Å²) in [6.45, 7) is 0. The average molecular weight is 228 g/mol. The van der Waals surface area contributed by atoms with E-state index in [4.69, 9.17) is 4.84 Å². The van der Waals surface area contributed by atoms with Crippen molar-refractivity contribution in [1.29, 1.82) is 0 Å². The molecule has 1 aromatic carbocycles. The highest BCUT2D eigenvalue weighted by Gasteiger charge is 2.12. The average Bonchev–Trinajstić information content (AvgIpc) is 2.40. The molecule has 86 valence electrons. The smallest absolute Gasteiger partial charge is 0.287 e. The number of rotatable bonds is 3. The summed E-state index contributed by atoms with van der Waals surface area (Å²) >= 11 is 0. The minimum Gasteiger partial charge on any atom is -0.377 e. The highest BCUT2D eigenvalue weighted by Crippen LogP contribution is 2.11. The lowest BCUT2D eigenvalue weighted by atomic mass is 10.3.